The van der Waals surface area contributed by atoms with Crippen molar-refractivity contribution in [2.75, 3.05) is 25.5 Å². The van der Waals surface area contributed by atoms with Gasteiger partial charge in [0.05, 0.1) is 5.92 Å². The second kappa shape index (κ2) is 6.71. The lowest BCUT2D eigenvalue weighted by Gasteiger charge is -2.21. The van der Waals surface area contributed by atoms with Crippen LogP contribution in [-0.4, -0.2) is 25.6 Å². The van der Waals surface area contributed by atoms with E-state index in [1.54, 1.807) is 0 Å². The largest absolute Gasteiger partial charge is 0.377 e. The highest BCUT2D eigenvalue weighted by Gasteiger charge is 2.22. The van der Waals surface area contributed by atoms with Crippen molar-refractivity contribution in [3.63, 3.8) is 0 Å². The van der Waals surface area contributed by atoms with E-state index in [9.17, 15) is 10.1 Å². The third-order valence-electron chi connectivity index (χ3n) is 4.33. The van der Waals surface area contributed by atoms with Crippen LogP contribution in [0.2, 0.25) is 0 Å². The Morgan fingerprint density at radius 2 is 1.54 bits per heavy atom. The lowest BCUT2D eigenvalue weighted by molar-refractivity contribution is -0.481. The van der Waals surface area contributed by atoms with Gasteiger partial charge in [0.25, 0.3) is 0 Å². The number of nitro groups is 1. The maximum absolute atomic E-state index is 11.3. The summed E-state index contributed by atoms with van der Waals surface area (Å²) in [4.78, 5) is 13.1. The molecule has 0 aromatic heterocycles. The molecule has 0 heterocycles. The van der Waals surface area contributed by atoms with E-state index in [1.807, 2.05) is 74.8 Å². The van der Waals surface area contributed by atoms with Gasteiger partial charge in [-0.15, -0.1) is 0 Å². The number of hydrogen-bond acceptors (Lipinski definition) is 3. The Hall–Kier alpha value is -2.88. The smallest absolute Gasteiger partial charge is 0.214 e. The average molecular weight is 320 g/mol. The predicted octanol–water partition coefficient (Wildman–Crippen LogP) is 4.31. The van der Waals surface area contributed by atoms with E-state index in [4.69, 9.17) is 0 Å². The van der Waals surface area contributed by atoms with Crippen LogP contribution >= 0.6 is 0 Å². The monoisotopic (exact) mass is 320 g/mol. The van der Waals surface area contributed by atoms with E-state index >= 15 is 0 Å². The number of rotatable bonds is 5. The molecule has 1 unspecified atom stereocenters. The molecule has 24 heavy (non-hydrogen) atoms. The fourth-order valence-electron chi connectivity index (χ4n) is 3.22. The first-order valence-electron chi connectivity index (χ1n) is 7.93. The van der Waals surface area contributed by atoms with Crippen LogP contribution in [0.15, 0.2) is 66.7 Å². The van der Waals surface area contributed by atoms with Gasteiger partial charge in [-0.1, -0.05) is 60.7 Å². The Bertz CT molecular complexity index is 860. The molecule has 3 aromatic carbocycles. The van der Waals surface area contributed by atoms with E-state index in [1.165, 1.54) is 0 Å². The molecule has 4 heteroatoms. The summed E-state index contributed by atoms with van der Waals surface area (Å²) in [5.41, 5.74) is 3.08. The van der Waals surface area contributed by atoms with Gasteiger partial charge in [0.15, 0.2) is 0 Å². The minimum Gasteiger partial charge on any atom is -0.377 e. The molecule has 0 aliphatic rings. The van der Waals surface area contributed by atoms with Crippen LogP contribution in [0.4, 0.5) is 5.69 Å². The molecule has 3 rings (SSSR count). The molecule has 0 aliphatic carbocycles. The zero-order chi connectivity index (χ0) is 17.1. The highest BCUT2D eigenvalue weighted by Crippen LogP contribution is 2.35. The summed E-state index contributed by atoms with van der Waals surface area (Å²) >= 11 is 0. The quantitative estimate of drug-likeness (QED) is 0.520. The number of anilines is 1. The summed E-state index contributed by atoms with van der Waals surface area (Å²) in [7, 11) is 4.01. The van der Waals surface area contributed by atoms with Crippen LogP contribution in [-0.2, 0) is 0 Å². The summed E-state index contributed by atoms with van der Waals surface area (Å²) in [6.45, 7) is -0.116. The zero-order valence-electron chi connectivity index (χ0n) is 13.8. The third-order valence-corrected chi connectivity index (χ3v) is 4.33. The van der Waals surface area contributed by atoms with Crippen molar-refractivity contribution in [2.24, 2.45) is 0 Å². The second-order valence-corrected chi connectivity index (χ2v) is 6.09. The van der Waals surface area contributed by atoms with E-state index in [0.29, 0.717) is 0 Å². The van der Waals surface area contributed by atoms with Crippen LogP contribution in [0.25, 0.3) is 10.8 Å². The van der Waals surface area contributed by atoms with Gasteiger partial charge in [-0.05, 0) is 22.6 Å². The molecular formula is C20H20N2O2. The zero-order valence-corrected chi connectivity index (χ0v) is 13.8. The van der Waals surface area contributed by atoms with Crippen LogP contribution in [0.1, 0.15) is 17.0 Å². The van der Waals surface area contributed by atoms with Gasteiger partial charge in [-0.25, -0.2) is 0 Å². The molecule has 4 nitrogen and oxygen atoms in total. The average Bonchev–Trinajstić information content (AvgIpc) is 2.59. The lowest BCUT2D eigenvalue weighted by Crippen LogP contribution is -2.15. The van der Waals surface area contributed by atoms with Crippen LogP contribution in [0.3, 0.4) is 0 Å². The molecular weight excluding hydrogens is 300 g/mol. The van der Waals surface area contributed by atoms with Gasteiger partial charge >= 0.3 is 0 Å². The van der Waals surface area contributed by atoms with Gasteiger partial charge in [-0.2, -0.15) is 0 Å². The van der Waals surface area contributed by atoms with Gasteiger partial charge < -0.3 is 4.90 Å². The Balaban J connectivity index is 2.22. The first-order valence-corrected chi connectivity index (χ1v) is 7.93. The summed E-state index contributed by atoms with van der Waals surface area (Å²) in [5, 5.41) is 13.4. The molecule has 0 bridgehead atoms. The molecule has 122 valence electrons. The number of benzene rings is 3. The van der Waals surface area contributed by atoms with Crippen molar-refractivity contribution in [3.05, 3.63) is 88.0 Å². The van der Waals surface area contributed by atoms with E-state index in [-0.39, 0.29) is 17.4 Å². The summed E-state index contributed by atoms with van der Waals surface area (Å²) in [6.07, 6.45) is 0. The van der Waals surface area contributed by atoms with Crippen molar-refractivity contribution >= 4 is 16.5 Å². The molecule has 0 amide bonds. The predicted molar refractivity (Wildman–Crippen MR) is 98.4 cm³/mol. The molecule has 3 aromatic rings. The minimum absolute atomic E-state index is 0.116. The van der Waals surface area contributed by atoms with E-state index in [0.717, 1.165) is 27.6 Å². The fraction of sp³-hybridized carbons (Fsp3) is 0.200. The standard InChI is InChI=1S/C20H20N2O2/c1-21(2)20-13-12-17(16-10-6-7-11-18(16)20)19(14-22(23)24)15-8-4-3-5-9-15/h3-13,19H,14H2,1-2H3. The first kappa shape index (κ1) is 16.0. The summed E-state index contributed by atoms with van der Waals surface area (Å²) in [6, 6.07) is 21.9. The minimum atomic E-state index is -0.262. The van der Waals surface area contributed by atoms with Crippen LogP contribution in [0, 0.1) is 10.1 Å². The van der Waals surface area contributed by atoms with Crippen LogP contribution < -0.4 is 4.90 Å². The topological polar surface area (TPSA) is 46.4 Å². The summed E-state index contributed by atoms with van der Waals surface area (Å²) < 4.78 is 0. The maximum Gasteiger partial charge on any atom is 0.214 e. The molecule has 0 saturated heterocycles. The van der Waals surface area contributed by atoms with Gasteiger partial charge in [-0.3, -0.25) is 10.1 Å². The Morgan fingerprint density at radius 3 is 2.17 bits per heavy atom. The highest BCUT2D eigenvalue weighted by molar-refractivity contribution is 5.97. The molecule has 0 radical (unpaired) electrons. The van der Waals surface area contributed by atoms with Crippen molar-refractivity contribution in [2.45, 2.75) is 5.92 Å². The Morgan fingerprint density at radius 1 is 0.917 bits per heavy atom. The molecule has 1 atom stereocenters. The molecule has 0 N–H and O–H groups in total. The van der Waals surface area contributed by atoms with Crippen molar-refractivity contribution in [3.8, 4) is 0 Å². The molecule has 0 fully saturated rings. The molecule has 0 aliphatic heterocycles. The van der Waals surface area contributed by atoms with Crippen molar-refractivity contribution in [1.82, 2.24) is 0 Å². The second-order valence-electron chi connectivity index (χ2n) is 6.09. The lowest BCUT2D eigenvalue weighted by atomic mass is 9.87. The molecule has 0 spiro atoms. The maximum atomic E-state index is 11.3. The van der Waals surface area contributed by atoms with Gasteiger partial charge in [0.2, 0.25) is 6.54 Å². The van der Waals surface area contributed by atoms with Gasteiger partial charge in [0.1, 0.15) is 0 Å². The van der Waals surface area contributed by atoms with Crippen molar-refractivity contribution < 1.29 is 4.92 Å². The third kappa shape index (κ3) is 3.08. The number of nitrogens with zero attached hydrogens (tertiary/aromatic N) is 2. The number of hydrogen-bond donors (Lipinski definition) is 0. The number of fused-ring (bicyclic) bond motifs is 1. The molecule has 0 saturated carbocycles. The Labute approximate surface area is 141 Å². The highest BCUT2D eigenvalue weighted by atomic mass is 16.6. The van der Waals surface area contributed by atoms with Crippen molar-refractivity contribution in [1.29, 1.82) is 0 Å². The Kier molecular flexibility index (Phi) is 4.47. The van der Waals surface area contributed by atoms with Crippen LogP contribution in [0.5, 0.6) is 0 Å². The van der Waals surface area contributed by atoms with E-state index in [2.05, 4.69) is 11.0 Å². The SMILES string of the molecule is CN(C)c1ccc(C(C[N+](=O)[O-])c2ccccc2)c2ccccc12. The van der Waals surface area contributed by atoms with E-state index < -0.39 is 0 Å². The fourth-order valence-corrected chi connectivity index (χ4v) is 3.22. The first-order chi connectivity index (χ1) is 11.6. The summed E-state index contributed by atoms with van der Waals surface area (Å²) in [5.74, 6) is -0.262. The van der Waals surface area contributed by atoms with Gasteiger partial charge in [0, 0.05) is 30.1 Å². The normalized spacial score (nSPS) is 12.1.